The quantitative estimate of drug-likeness (QED) is 0.622. The zero-order valence-corrected chi connectivity index (χ0v) is 9.16. The number of nitrogens with two attached hydrogens (primary N) is 1. The molecule has 0 heterocycles. The molecule has 0 aliphatic carbocycles. The highest BCUT2D eigenvalue weighted by Crippen LogP contribution is 2.02. The van der Waals surface area contributed by atoms with Crippen molar-refractivity contribution in [1.82, 2.24) is 4.90 Å². The van der Waals surface area contributed by atoms with Gasteiger partial charge in [0, 0.05) is 19.1 Å². The van der Waals surface area contributed by atoms with Gasteiger partial charge in [0.05, 0.1) is 6.10 Å². The van der Waals surface area contributed by atoms with Crippen LogP contribution in [0, 0.1) is 0 Å². The minimum Gasteiger partial charge on any atom is -0.392 e. The van der Waals surface area contributed by atoms with E-state index in [1.54, 1.807) is 0 Å². The number of nitrogens with zero attached hydrogens (tertiary/aromatic N) is 1. The Balaban J connectivity index is 3.68. The summed E-state index contributed by atoms with van der Waals surface area (Å²) in [6.45, 7) is 8.97. The van der Waals surface area contributed by atoms with E-state index in [2.05, 4.69) is 25.7 Å². The van der Waals surface area contributed by atoms with Gasteiger partial charge in [0.25, 0.3) is 0 Å². The van der Waals surface area contributed by atoms with Crippen molar-refractivity contribution < 1.29 is 5.11 Å². The molecule has 0 saturated carbocycles. The van der Waals surface area contributed by atoms with E-state index < -0.39 is 0 Å². The van der Waals surface area contributed by atoms with Gasteiger partial charge in [-0.2, -0.15) is 0 Å². The summed E-state index contributed by atoms with van der Waals surface area (Å²) in [5, 5.41) is 9.31. The van der Waals surface area contributed by atoms with Crippen molar-refractivity contribution in [2.45, 2.75) is 45.8 Å². The van der Waals surface area contributed by atoms with Crippen molar-refractivity contribution in [2.75, 3.05) is 19.6 Å². The fourth-order valence-corrected chi connectivity index (χ4v) is 1.35. The molecule has 3 N–H and O–H groups in total. The zero-order chi connectivity index (χ0) is 10.3. The van der Waals surface area contributed by atoms with Crippen molar-refractivity contribution in [1.29, 1.82) is 0 Å². The average molecular weight is 188 g/mol. The molecule has 80 valence electrons. The van der Waals surface area contributed by atoms with Crippen LogP contribution in [0.3, 0.4) is 0 Å². The third-order valence-corrected chi connectivity index (χ3v) is 2.26. The lowest BCUT2D eigenvalue weighted by Gasteiger charge is -2.26. The minimum absolute atomic E-state index is 0.335. The van der Waals surface area contributed by atoms with Crippen molar-refractivity contribution in [3.63, 3.8) is 0 Å². The van der Waals surface area contributed by atoms with E-state index in [0.717, 1.165) is 25.9 Å². The molecule has 0 bridgehead atoms. The SMILES string of the molecule is CCCN(CCC(O)CN)C(C)C. The maximum atomic E-state index is 9.31. The first-order chi connectivity index (χ1) is 6.11. The average Bonchev–Trinajstić information content (AvgIpc) is 2.11. The molecule has 3 heteroatoms. The van der Waals surface area contributed by atoms with Gasteiger partial charge in [0.2, 0.25) is 0 Å². The number of hydrogen-bond donors (Lipinski definition) is 2. The van der Waals surface area contributed by atoms with E-state index in [0.29, 0.717) is 12.6 Å². The normalized spacial score (nSPS) is 14.1. The Morgan fingerprint density at radius 1 is 1.31 bits per heavy atom. The first kappa shape index (κ1) is 12.9. The molecule has 0 amide bonds. The molecule has 0 fully saturated rings. The molecule has 0 aliphatic rings. The lowest BCUT2D eigenvalue weighted by atomic mass is 10.2. The van der Waals surface area contributed by atoms with E-state index in [9.17, 15) is 5.11 Å². The van der Waals surface area contributed by atoms with Gasteiger partial charge < -0.3 is 15.7 Å². The molecule has 0 spiro atoms. The number of hydrogen-bond acceptors (Lipinski definition) is 3. The second kappa shape index (κ2) is 7.30. The van der Waals surface area contributed by atoms with Crippen molar-refractivity contribution >= 4 is 0 Å². The van der Waals surface area contributed by atoms with Gasteiger partial charge in [-0.25, -0.2) is 0 Å². The zero-order valence-electron chi connectivity index (χ0n) is 9.16. The third-order valence-electron chi connectivity index (χ3n) is 2.26. The van der Waals surface area contributed by atoms with Crippen LogP contribution in [0.5, 0.6) is 0 Å². The van der Waals surface area contributed by atoms with Gasteiger partial charge >= 0.3 is 0 Å². The molecule has 1 unspecified atom stereocenters. The minimum atomic E-state index is -0.335. The van der Waals surface area contributed by atoms with E-state index in [-0.39, 0.29) is 6.10 Å². The molecule has 1 atom stereocenters. The molecular weight excluding hydrogens is 164 g/mol. The van der Waals surface area contributed by atoms with Crippen molar-refractivity contribution in [2.24, 2.45) is 5.73 Å². The van der Waals surface area contributed by atoms with Crippen LogP contribution in [-0.4, -0.2) is 41.8 Å². The Morgan fingerprint density at radius 3 is 2.31 bits per heavy atom. The summed E-state index contributed by atoms with van der Waals surface area (Å²) < 4.78 is 0. The third kappa shape index (κ3) is 6.02. The Labute approximate surface area is 81.9 Å². The summed E-state index contributed by atoms with van der Waals surface area (Å²) >= 11 is 0. The van der Waals surface area contributed by atoms with Gasteiger partial charge in [-0.05, 0) is 33.2 Å². The Morgan fingerprint density at radius 2 is 1.92 bits per heavy atom. The standard InChI is InChI=1S/C10H24N2O/c1-4-6-12(9(2)3)7-5-10(13)8-11/h9-10,13H,4-8,11H2,1-3H3. The molecule has 0 aromatic carbocycles. The lowest BCUT2D eigenvalue weighted by Crippen LogP contribution is -2.35. The summed E-state index contributed by atoms with van der Waals surface area (Å²) in [5.74, 6) is 0. The highest BCUT2D eigenvalue weighted by Gasteiger charge is 2.09. The number of aliphatic hydroxyl groups excluding tert-OH is 1. The lowest BCUT2D eigenvalue weighted by molar-refractivity contribution is 0.135. The van der Waals surface area contributed by atoms with Gasteiger partial charge in [-0.15, -0.1) is 0 Å². The molecule has 0 aromatic rings. The van der Waals surface area contributed by atoms with E-state index in [1.807, 2.05) is 0 Å². The second-order valence-electron chi connectivity index (χ2n) is 3.81. The van der Waals surface area contributed by atoms with E-state index in [4.69, 9.17) is 5.73 Å². The van der Waals surface area contributed by atoms with Crippen molar-refractivity contribution in [3.8, 4) is 0 Å². The summed E-state index contributed by atoms with van der Waals surface area (Å²) in [6, 6.07) is 0.560. The summed E-state index contributed by atoms with van der Waals surface area (Å²) in [5.41, 5.74) is 5.34. The molecule has 0 rings (SSSR count). The summed E-state index contributed by atoms with van der Waals surface area (Å²) in [4.78, 5) is 2.37. The predicted octanol–water partition coefficient (Wildman–Crippen LogP) is 0.816. The number of rotatable bonds is 7. The highest BCUT2D eigenvalue weighted by atomic mass is 16.3. The fraction of sp³-hybridized carbons (Fsp3) is 1.00. The summed E-state index contributed by atoms with van der Waals surface area (Å²) in [6.07, 6.45) is 1.61. The van der Waals surface area contributed by atoms with Crippen LogP contribution in [0.2, 0.25) is 0 Å². The molecule has 0 radical (unpaired) electrons. The molecule has 13 heavy (non-hydrogen) atoms. The fourth-order valence-electron chi connectivity index (χ4n) is 1.35. The first-order valence-electron chi connectivity index (χ1n) is 5.24. The Hall–Kier alpha value is -0.120. The maximum Gasteiger partial charge on any atom is 0.0674 e. The molecule has 0 aromatic heterocycles. The molecule has 0 aliphatic heterocycles. The van der Waals surface area contributed by atoms with E-state index >= 15 is 0 Å². The number of aliphatic hydroxyl groups is 1. The Kier molecular flexibility index (Phi) is 7.23. The molecule has 3 nitrogen and oxygen atoms in total. The van der Waals surface area contributed by atoms with Crippen LogP contribution in [-0.2, 0) is 0 Å². The van der Waals surface area contributed by atoms with Gasteiger partial charge in [-0.1, -0.05) is 6.92 Å². The second-order valence-corrected chi connectivity index (χ2v) is 3.81. The van der Waals surface area contributed by atoms with Crippen LogP contribution in [0.25, 0.3) is 0 Å². The smallest absolute Gasteiger partial charge is 0.0674 e. The van der Waals surface area contributed by atoms with Crippen LogP contribution < -0.4 is 5.73 Å². The van der Waals surface area contributed by atoms with Gasteiger partial charge in [0.15, 0.2) is 0 Å². The van der Waals surface area contributed by atoms with Crippen LogP contribution in [0.1, 0.15) is 33.6 Å². The van der Waals surface area contributed by atoms with Gasteiger partial charge in [-0.3, -0.25) is 0 Å². The highest BCUT2D eigenvalue weighted by molar-refractivity contribution is 4.65. The summed E-state index contributed by atoms with van der Waals surface area (Å²) in [7, 11) is 0. The topological polar surface area (TPSA) is 49.5 Å². The maximum absolute atomic E-state index is 9.31. The predicted molar refractivity (Wildman–Crippen MR) is 56.7 cm³/mol. The van der Waals surface area contributed by atoms with E-state index in [1.165, 1.54) is 0 Å². The largest absolute Gasteiger partial charge is 0.392 e. The molecule has 0 saturated heterocycles. The van der Waals surface area contributed by atoms with Crippen LogP contribution >= 0.6 is 0 Å². The Bertz CT molecular complexity index is 117. The first-order valence-corrected chi connectivity index (χ1v) is 5.24. The van der Waals surface area contributed by atoms with Gasteiger partial charge in [0.1, 0.15) is 0 Å². The van der Waals surface area contributed by atoms with Crippen molar-refractivity contribution in [3.05, 3.63) is 0 Å². The monoisotopic (exact) mass is 188 g/mol. The van der Waals surface area contributed by atoms with Crippen LogP contribution in [0.15, 0.2) is 0 Å². The van der Waals surface area contributed by atoms with Crippen LogP contribution in [0.4, 0.5) is 0 Å². The molecular formula is C10H24N2O.